The molecule has 0 bridgehead atoms. The molecule has 4 amide bonds. The summed E-state index contributed by atoms with van der Waals surface area (Å²) in [5.74, 6) is -2.14. The van der Waals surface area contributed by atoms with E-state index in [9.17, 15) is 31.9 Å². The number of hydrogen-bond donors (Lipinski definition) is 1. The first-order valence-corrected chi connectivity index (χ1v) is 10.4. The fraction of sp³-hybridized carbons (Fsp3) is 0.174. The second-order valence-electron chi connectivity index (χ2n) is 7.53. The van der Waals surface area contributed by atoms with E-state index in [-0.39, 0.29) is 24.6 Å². The second-order valence-corrected chi connectivity index (χ2v) is 7.53. The normalized spacial score (nSPS) is 14.1. The third kappa shape index (κ3) is 5.10. The summed E-state index contributed by atoms with van der Waals surface area (Å²) < 4.78 is 53.0. The van der Waals surface area contributed by atoms with Crippen molar-refractivity contribution in [2.75, 3.05) is 23.3 Å². The molecule has 1 aliphatic rings. The average molecular weight is 487 g/mol. The Labute approximate surface area is 196 Å². The van der Waals surface area contributed by atoms with Crippen molar-refractivity contribution in [1.82, 2.24) is 15.1 Å². The van der Waals surface area contributed by atoms with E-state index in [0.717, 1.165) is 28.0 Å². The van der Waals surface area contributed by atoms with E-state index in [1.54, 1.807) is 0 Å². The molecule has 0 atom stereocenters. The lowest BCUT2D eigenvalue weighted by molar-refractivity contribution is -0.138. The molecule has 1 aromatic heterocycles. The molecule has 0 unspecified atom stereocenters. The Balaban J connectivity index is 1.50. The fourth-order valence-electron chi connectivity index (χ4n) is 3.51. The maximum Gasteiger partial charge on any atom is 0.417 e. The molecule has 1 aliphatic heterocycles. The quantitative estimate of drug-likeness (QED) is 0.552. The summed E-state index contributed by atoms with van der Waals surface area (Å²) >= 11 is 0. The number of aromatic nitrogens is 2. The maximum atomic E-state index is 13.3. The Hall–Kier alpha value is -4.35. The summed E-state index contributed by atoms with van der Waals surface area (Å²) in [6, 6.07) is 11.1. The Morgan fingerprint density at radius 2 is 1.63 bits per heavy atom. The Bertz CT molecular complexity index is 1260. The predicted molar refractivity (Wildman–Crippen MR) is 116 cm³/mol. The number of halogens is 4. The summed E-state index contributed by atoms with van der Waals surface area (Å²) in [4.78, 5) is 40.0. The van der Waals surface area contributed by atoms with Crippen LogP contribution in [-0.4, -0.2) is 46.0 Å². The molecule has 35 heavy (non-hydrogen) atoms. The van der Waals surface area contributed by atoms with E-state index in [1.165, 1.54) is 42.5 Å². The molecule has 0 spiro atoms. The lowest BCUT2D eigenvalue weighted by Gasteiger charge is -2.33. The largest absolute Gasteiger partial charge is 0.417 e. The summed E-state index contributed by atoms with van der Waals surface area (Å²) in [5, 5.41) is 10.2. The van der Waals surface area contributed by atoms with Crippen molar-refractivity contribution in [2.24, 2.45) is 0 Å². The smallest absolute Gasteiger partial charge is 0.321 e. The van der Waals surface area contributed by atoms with Gasteiger partial charge in [-0.2, -0.15) is 13.2 Å². The van der Waals surface area contributed by atoms with Gasteiger partial charge in [-0.05, 0) is 55.0 Å². The maximum absolute atomic E-state index is 13.3. The molecule has 8 nitrogen and oxygen atoms in total. The monoisotopic (exact) mass is 487 g/mol. The molecule has 3 aromatic rings. The van der Waals surface area contributed by atoms with Crippen LogP contribution in [0, 0.1) is 5.82 Å². The van der Waals surface area contributed by atoms with Crippen LogP contribution in [0.2, 0.25) is 0 Å². The minimum atomic E-state index is -4.76. The topological polar surface area (TPSA) is 95.5 Å². The minimum Gasteiger partial charge on any atom is -0.321 e. The highest BCUT2D eigenvalue weighted by atomic mass is 19.4. The molecule has 4 rings (SSSR count). The summed E-state index contributed by atoms with van der Waals surface area (Å²) in [6.07, 6.45) is -4.47. The van der Waals surface area contributed by atoms with Gasteiger partial charge >= 0.3 is 12.2 Å². The van der Waals surface area contributed by atoms with Crippen LogP contribution < -0.4 is 10.2 Å². The number of nitrogens with one attached hydrogen (secondary N) is 1. The third-order valence-corrected chi connectivity index (χ3v) is 5.20. The molecule has 180 valence electrons. The number of carbonyl (C=O) groups is 3. The van der Waals surface area contributed by atoms with Gasteiger partial charge in [-0.3, -0.25) is 19.4 Å². The third-order valence-electron chi connectivity index (χ3n) is 5.20. The second kappa shape index (κ2) is 9.49. The van der Waals surface area contributed by atoms with Gasteiger partial charge in [-0.25, -0.2) is 9.18 Å². The summed E-state index contributed by atoms with van der Waals surface area (Å²) in [5.41, 5.74) is -1.52. The standard InChI is InChI=1S/C23H17F4N5O3/c24-14-6-8-15(9-7-14)28-20(33)18-10-11-19(30-29-18)31-12-3-13-32(22(31)35)21(34)16-4-1-2-5-17(16)23(25,26)27/h1-2,4-11H,3,12-13H2,(H,28,33). The van der Waals surface area contributed by atoms with Gasteiger partial charge in [0.25, 0.3) is 11.8 Å². The van der Waals surface area contributed by atoms with Crippen LogP contribution in [0.25, 0.3) is 0 Å². The number of benzene rings is 2. The number of anilines is 2. The van der Waals surface area contributed by atoms with Gasteiger partial charge in [0.2, 0.25) is 0 Å². The molecular formula is C23H17F4N5O3. The highest BCUT2D eigenvalue weighted by molar-refractivity contribution is 6.10. The van der Waals surface area contributed by atoms with Crippen LogP contribution in [0.3, 0.4) is 0 Å². The van der Waals surface area contributed by atoms with E-state index in [0.29, 0.717) is 12.1 Å². The van der Waals surface area contributed by atoms with E-state index >= 15 is 0 Å². The molecule has 1 fully saturated rings. The zero-order chi connectivity index (χ0) is 25.2. The summed E-state index contributed by atoms with van der Waals surface area (Å²) in [7, 11) is 0. The number of amides is 4. The molecule has 12 heteroatoms. The molecule has 2 aromatic carbocycles. The number of imide groups is 1. The van der Waals surface area contributed by atoms with Crippen LogP contribution in [0.4, 0.5) is 33.9 Å². The molecule has 1 saturated heterocycles. The van der Waals surface area contributed by atoms with Gasteiger partial charge in [0.15, 0.2) is 11.5 Å². The highest BCUT2D eigenvalue weighted by Crippen LogP contribution is 2.33. The van der Waals surface area contributed by atoms with Gasteiger partial charge in [-0.15, -0.1) is 10.2 Å². The van der Waals surface area contributed by atoms with Crippen molar-refractivity contribution in [3.63, 3.8) is 0 Å². The van der Waals surface area contributed by atoms with Crippen LogP contribution in [0.1, 0.15) is 32.8 Å². The minimum absolute atomic E-state index is 0.0231. The first-order chi connectivity index (χ1) is 16.6. The van der Waals surface area contributed by atoms with Crippen LogP contribution in [0.5, 0.6) is 0 Å². The first-order valence-electron chi connectivity index (χ1n) is 10.4. The molecular weight excluding hydrogens is 470 g/mol. The number of rotatable bonds is 4. The van der Waals surface area contributed by atoms with Crippen molar-refractivity contribution >= 4 is 29.4 Å². The number of carbonyl (C=O) groups excluding carboxylic acids is 3. The molecule has 0 saturated carbocycles. The van der Waals surface area contributed by atoms with Gasteiger partial charge in [0, 0.05) is 18.8 Å². The Morgan fingerprint density at radius 3 is 2.29 bits per heavy atom. The predicted octanol–water partition coefficient (Wildman–Crippen LogP) is 4.36. The number of nitrogens with zero attached hydrogens (tertiary/aromatic N) is 4. The molecule has 1 N–H and O–H groups in total. The van der Waals surface area contributed by atoms with E-state index in [1.807, 2.05) is 0 Å². The van der Waals surface area contributed by atoms with Crippen LogP contribution in [-0.2, 0) is 6.18 Å². The highest BCUT2D eigenvalue weighted by Gasteiger charge is 2.39. The number of urea groups is 1. The molecule has 0 radical (unpaired) electrons. The first kappa shape index (κ1) is 23.8. The summed E-state index contributed by atoms with van der Waals surface area (Å²) in [6.45, 7) is 0.0886. The number of alkyl halides is 3. The SMILES string of the molecule is O=C(Nc1ccc(F)cc1)c1ccc(N2CCCN(C(=O)c3ccccc3C(F)(F)F)C2=O)nn1. The van der Waals surface area contributed by atoms with Gasteiger partial charge in [-0.1, -0.05) is 12.1 Å². The number of hydrogen-bond acceptors (Lipinski definition) is 5. The van der Waals surface area contributed by atoms with Crippen molar-refractivity contribution in [1.29, 1.82) is 0 Å². The van der Waals surface area contributed by atoms with Crippen LogP contribution in [0.15, 0.2) is 60.7 Å². The van der Waals surface area contributed by atoms with Crippen molar-refractivity contribution in [3.8, 4) is 0 Å². The van der Waals surface area contributed by atoms with E-state index in [4.69, 9.17) is 0 Å². The van der Waals surface area contributed by atoms with Gasteiger partial charge in [0.05, 0.1) is 11.1 Å². The molecule has 0 aliphatic carbocycles. The van der Waals surface area contributed by atoms with Crippen molar-refractivity contribution < 1.29 is 31.9 Å². The van der Waals surface area contributed by atoms with Gasteiger partial charge < -0.3 is 5.32 Å². The van der Waals surface area contributed by atoms with Crippen molar-refractivity contribution in [3.05, 3.63) is 83.3 Å². The Kier molecular flexibility index (Phi) is 6.45. The van der Waals surface area contributed by atoms with Crippen molar-refractivity contribution in [2.45, 2.75) is 12.6 Å². The lowest BCUT2D eigenvalue weighted by atomic mass is 10.1. The van der Waals surface area contributed by atoms with Crippen LogP contribution >= 0.6 is 0 Å². The van der Waals surface area contributed by atoms with E-state index < -0.39 is 41.0 Å². The van der Waals surface area contributed by atoms with E-state index in [2.05, 4.69) is 15.5 Å². The Morgan fingerprint density at radius 1 is 0.914 bits per heavy atom. The fourth-order valence-corrected chi connectivity index (χ4v) is 3.51. The zero-order valence-corrected chi connectivity index (χ0v) is 17.9. The zero-order valence-electron chi connectivity index (χ0n) is 17.9. The van der Waals surface area contributed by atoms with Gasteiger partial charge in [0.1, 0.15) is 5.82 Å². The molecule has 2 heterocycles. The lowest BCUT2D eigenvalue weighted by Crippen LogP contribution is -2.52. The average Bonchev–Trinajstić information content (AvgIpc) is 2.85.